The van der Waals surface area contributed by atoms with Crippen molar-refractivity contribution in [2.24, 2.45) is 0 Å². The normalized spacial score (nSPS) is 11.9. The van der Waals surface area contributed by atoms with Gasteiger partial charge in [-0.2, -0.15) is 0 Å². The molecule has 0 heterocycles. The zero-order chi connectivity index (χ0) is 14.0. The lowest BCUT2D eigenvalue weighted by molar-refractivity contribution is -0.137. The predicted octanol–water partition coefficient (Wildman–Crippen LogP) is 1.31. The molecule has 1 atom stereocenters. The number of carboxylic acid groups (broad SMARTS) is 1. The van der Waals surface area contributed by atoms with E-state index in [4.69, 9.17) is 9.84 Å². The Kier molecular flexibility index (Phi) is 9.00. The number of ether oxygens (including phenoxy) is 1. The van der Waals surface area contributed by atoms with E-state index in [1.807, 2.05) is 13.8 Å². The van der Waals surface area contributed by atoms with Gasteiger partial charge < -0.3 is 20.1 Å². The molecule has 0 aromatic carbocycles. The predicted molar refractivity (Wildman–Crippen MR) is 68.6 cm³/mol. The van der Waals surface area contributed by atoms with Crippen molar-refractivity contribution in [2.45, 2.75) is 39.2 Å². The average molecular weight is 260 g/mol. The van der Waals surface area contributed by atoms with Gasteiger partial charge in [-0.05, 0) is 26.7 Å². The van der Waals surface area contributed by atoms with E-state index in [0.29, 0.717) is 32.5 Å². The van der Waals surface area contributed by atoms with Gasteiger partial charge in [0, 0.05) is 32.7 Å². The Hall–Kier alpha value is -1.30. The van der Waals surface area contributed by atoms with Gasteiger partial charge in [-0.15, -0.1) is 0 Å². The molecule has 2 amide bonds. The number of carbonyl (C=O) groups excluding carboxylic acids is 1. The highest BCUT2D eigenvalue weighted by atomic mass is 16.5. The van der Waals surface area contributed by atoms with Crippen LogP contribution < -0.4 is 5.32 Å². The summed E-state index contributed by atoms with van der Waals surface area (Å²) in [5.74, 6) is -0.802. The Labute approximate surface area is 108 Å². The van der Waals surface area contributed by atoms with Crippen molar-refractivity contribution < 1.29 is 19.4 Å². The van der Waals surface area contributed by atoms with Crippen LogP contribution in [0.15, 0.2) is 0 Å². The highest BCUT2D eigenvalue weighted by Gasteiger charge is 2.13. The second-order valence-electron chi connectivity index (χ2n) is 4.21. The molecular weight excluding hydrogens is 236 g/mol. The molecule has 0 saturated carbocycles. The van der Waals surface area contributed by atoms with Gasteiger partial charge in [0.25, 0.3) is 0 Å². The smallest absolute Gasteiger partial charge is 0.317 e. The Morgan fingerprint density at radius 1 is 1.44 bits per heavy atom. The maximum absolute atomic E-state index is 11.8. The number of carboxylic acids is 1. The number of nitrogens with zero attached hydrogens (tertiary/aromatic N) is 1. The highest BCUT2D eigenvalue weighted by Crippen LogP contribution is 2.01. The van der Waals surface area contributed by atoms with Crippen LogP contribution in [0.3, 0.4) is 0 Å². The molecule has 18 heavy (non-hydrogen) atoms. The van der Waals surface area contributed by atoms with Crippen LogP contribution in [0.4, 0.5) is 4.79 Å². The van der Waals surface area contributed by atoms with Crippen LogP contribution in [0.25, 0.3) is 0 Å². The fraction of sp³-hybridized carbons (Fsp3) is 0.833. The molecule has 6 heteroatoms. The van der Waals surface area contributed by atoms with E-state index < -0.39 is 5.97 Å². The summed E-state index contributed by atoms with van der Waals surface area (Å²) in [5, 5.41) is 11.4. The van der Waals surface area contributed by atoms with Crippen LogP contribution >= 0.6 is 0 Å². The molecule has 6 nitrogen and oxygen atoms in total. The number of methoxy groups -OCH3 is 1. The number of hydrogen-bond acceptors (Lipinski definition) is 3. The first-order chi connectivity index (χ1) is 8.51. The maximum atomic E-state index is 11.8. The third-order valence-corrected chi connectivity index (χ3v) is 2.63. The Morgan fingerprint density at radius 3 is 2.61 bits per heavy atom. The van der Waals surface area contributed by atoms with Crippen LogP contribution in [-0.2, 0) is 9.53 Å². The molecule has 0 radical (unpaired) electrons. The van der Waals surface area contributed by atoms with Crippen LogP contribution in [0.5, 0.6) is 0 Å². The molecule has 0 spiro atoms. The minimum Gasteiger partial charge on any atom is -0.481 e. The summed E-state index contributed by atoms with van der Waals surface area (Å²) < 4.78 is 4.93. The summed E-state index contributed by atoms with van der Waals surface area (Å²) >= 11 is 0. The Balaban J connectivity index is 3.92. The van der Waals surface area contributed by atoms with Crippen molar-refractivity contribution in [3.63, 3.8) is 0 Å². The summed E-state index contributed by atoms with van der Waals surface area (Å²) in [7, 11) is 1.60. The zero-order valence-corrected chi connectivity index (χ0v) is 11.4. The molecule has 0 aromatic heterocycles. The number of carbonyl (C=O) groups is 2. The van der Waals surface area contributed by atoms with E-state index in [-0.39, 0.29) is 18.5 Å². The summed E-state index contributed by atoms with van der Waals surface area (Å²) in [6.45, 7) is 5.47. The monoisotopic (exact) mass is 260 g/mol. The summed E-state index contributed by atoms with van der Waals surface area (Å²) in [4.78, 5) is 23.9. The molecule has 0 aliphatic rings. The SMILES string of the molecule is CCN(CCOC)C(=O)NC(C)CCCC(=O)O. The van der Waals surface area contributed by atoms with Crippen molar-refractivity contribution >= 4 is 12.0 Å². The van der Waals surface area contributed by atoms with Crippen molar-refractivity contribution in [3.8, 4) is 0 Å². The molecule has 0 aromatic rings. The fourth-order valence-corrected chi connectivity index (χ4v) is 1.54. The van der Waals surface area contributed by atoms with E-state index in [9.17, 15) is 9.59 Å². The average Bonchev–Trinajstić information content (AvgIpc) is 2.29. The number of likely N-dealkylation sites (N-methyl/N-ethyl adjacent to an activating group) is 1. The van der Waals surface area contributed by atoms with Crippen molar-refractivity contribution in [1.82, 2.24) is 10.2 Å². The molecule has 0 aliphatic carbocycles. The van der Waals surface area contributed by atoms with Gasteiger partial charge in [0.2, 0.25) is 0 Å². The first kappa shape index (κ1) is 16.7. The van der Waals surface area contributed by atoms with E-state index >= 15 is 0 Å². The van der Waals surface area contributed by atoms with Crippen LogP contribution in [0.1, 0.15) is 33.1 Å². The third kappa shape index (κ3) is 7.89. The highest BCUT2D eigenvalue weighted by molar-refractivity contribution is 5.74. The molecule has 0 aliphatic heterocycles. The Bertz CT molecular complexity index is 258. The topological polar surface area (TPSA) is 78.9 Å². The van der Waals surface area contributed by atoms with Crippen molar-refractivity contribution in [3.05, 3.63) is 0 Å². The lowest BCUT2D eigenvalue weighted by Gasteiger charge is -2.23. The standard InChI is InChI=1S/C12H24N2O4/c1-4-14(8-9-18-3)12(17)13-10(2)6-5-7-11(15)16/h10H,4-9H2,1-3H3,(H,13,17)(H,15,16). The third-order valence-electron chi connectivity index (χ3n) is 2.63. The Morgan fingerprint density at radius 2 is 2.11 bits per heavy atom. The molecule has 0 fully saturated rings. The van der Waals surface area contributed by atoms with E-state index in [1.54, 1.807) is 12.0 Å². The fourth-order valence-electron chi connectivity index (χ4n) is 1.54. The van der Waals surface area contributed by atoms with E-state index in [1.165, 1.54) is 0 Å². The second kappa shape index (κ2) is 9.70. The van der Waals surface area contributed by atoms with E-state index in [0.717, 1.165) is 0 Å². The minimum absolute atomic E-state index is 0.0200. The maximum Gasteiger partial charge on any atom is 0.317 e. The van der Waals surface area contributed by atoms with Crippen molar-refractivity contribution in [1.29, 1.82) is 0 Å². The van der Waals surface area contributed by atoms with Crippen molar-refractivity contribution in [2.75, 3.05) is 26.8 Å². The van der Waals surface area contributed by atoms with Crippen LogP contribution in [-0.4, -0.2) is 54.9 Å². The first-order valence-corrected chi connectivity index (χ1v) is 6.27. The molecule has 0 bridgehead atoms. The number of urea groups is 1. The van der Waals surface area contributed by atoms with Gasteiger partial charge in [0.1, 0.15) is 0 Å². The van der Waals surface area contributed by atoms with Gasteiger partial charge in [0.15, 0.2) is 0 Å². The second-order valence-corrected chi connectivity index (χ2v) is 4.21. The number of aliphatic carboxylic acids is 1. The summed E-state index contributed by atoms with van der Waals surface area (Å²) in [6, 6.07) is -0.147. The molecule has 106 valence electrons. The molecule has 1 unspecified atom stereocenters. The van der Waals surface area contributed by atoms with Crippen LogP contribution in [0.2, 0.25) is 0 Å². The molecule has 2 N–H and O–H groups in total. The lowest BCUT2D eigenvalue weighted by Crippen LogP contribution is -2.45. The number of hydrogen-bond donors (Lipinski definition) is 2. The van der Waals surface area contributed by atoms with E-state index in [2.05, 4.69) is 5.32 Å². The van der Waals surface area contributed by atoms with Gasteiger partial charge in [0.05, 0.1) is 6.61 Å². The quantitative estimate of drug-likeness (QED) is 0.655. The lowest BCUT2D eigenvalue weighted by atomic mass is 10.1. The number of amides is 2. The number of rotatable bonds is 9. The molecule has 0 saturated heterocycles. The minimum atomic E-state index is -0.802. The van der Waals surface area contributed by atoms with Gasteiger partial charge in [-0.3, -0.25) is 4.79 Å². The largest absolute Gasteiger partial charge is 0.481 e. The molecular formula is C12H24N2O4. The zero-order valence-electron chi connectivity index (χ0n) is 11.4. The first-order valence-electron chi connectivity index (χ1n) is 6.27. The van der Waals surface area contributed by atoms with Crippen LogP contribution in [0, 0.1) is 0 Å². The van der Waals surface area contributed by atoms with Gasteiger partial charge >= 0.3 is 12.0 Å². The van der Waals surface area contributed by atoms with Gasteiger partial charge in [-0.1, -0.05) is 0 Å². The van der Waals surface area contributed by atoms with Gasteiger partial charge in [-0.25, -0.2) is 4.79 Å². The molecule has 0 rings (SSSR count). The summed E-state index contributed by atoms with van der Waals surface area (Å²) in [6.07, 6.45) is 1.38. The number of nitrogens with one attached hydrogen (secondary N) is 1. The summed E-state index contributed by atoms with van der Waals surface area (Å²) in [5.41, 5.74) is 0.